The molecule has 3 nitrogen and oxygen atoms in total. The van der Waals surface area contributed by atoms with Crippen molar-refractivity contribution in [2.75, 3.05) is 20.3 Å². The van der Waals surface area contributed by atoms with Crippen molar-refractivity contribution in [3.05, 3.63) is 33.8 Å². The first-order valence-corrected chi connectivity index (χ1v) is 7.08. The van der Waals surface area contributed by atoms with Gasteiger partial charge in [0.25, 0.3) is 0 Å². The van der Waals surface area contributed by atoms with Gasteiger partial charge in [0.05, 0.1) is 21.8 Å². The Hall–Kier alpha value is -0.320. The fourth-order valence-electron chi connectivity index (χ4n) is 2.47. The van der Waals surface area contributed by atoms with Gasteiger partial charge in [-0.05, 0) is 17.7 Å². The lowest BCUT2D eigenvalue weighted by molar-refractivity contribution is -0.151. The van der Waals surface area contributed by atoms with Crippen LogP contribution in [0, 0.1) is 0 Å². The molecule has 5 heteroatoms. The van der Waals surface area contributed by atoms with Crippen molar-refractivity contribution in [1.29, 1.82) is 0 Å². The Morgan fingerprint density at radius 1 is 1.32 bits per heavy atom. The van der Waals surface area contributed by atoms with Crippen LogP contribution in [0.2, 0.25) is 10.0 Å². The van der Waals surface area contributed by atoms with E-state index in [-0.39, 0.29) is 0 Å². The monoisotopic (exact) mass is 304 g/mol. The third-order valence-electron chi connectivity index (χ3n) is 3.77. The molecule has 1 atom stereocenters. The Labute approximate surface area is 123 Å². The number of rotatable bonds is 4. The van der Waals surface area contributed by atoms with Crippen LogP contribution in [0.3, 0.4) is 0 Å². The van der Waals surface area contributed by atoms with Gasteiger partial charge in [-0.25, -0.2) is 0 Å². The minimum atomic E-state index is -0.585. The summed E-state index contributed by atoms with van der Waals surface area (Å²) in [6.07, 6.45) is 1.31. The van der Waals surface area contributed by atoms with Gasteiger partial charge in [-0.15, -0.1) is 0 Å². The van der Waals surface area contributed by atoms with Gasteiger partial charge in [0.2, 0.25) is 0 Å². The van der Waals surface area contributed by atoms with Gasteiger partial charge in [0.1, 0.15) is 0 Å². The summed E-state index contributed by atoms with van der Waals surface area (Å²) in [6.45, 7) is 1.23. The predicted molar refractivity (Wildman–Crippen MR) is 76.0 cm³/mol. The van der Waals surface area contributed by atoms with E-state index in [9.17, 15) is 5.11 Å². The molecule has 1 aromatic carbocycles. The van der Waals surface area contributed by atoms with Crippen molar-refractivity contribution in [2.24, 2.45) is 0 Å². The van der Waals surface area contributed by atoms with Crippen LogP contribution < -0.4 is 0 Å². The zero-order chi connectivity index (χ0) is 13.9. The Kier molecular flexibility index (Phi) is 5.09. The molecule has 1 unspecified atom stereocenters. The van der Waals surface area contributed by atoms with Crippen LogP contribution >= 0.6 is 23.2 Å². The number of hydrogen-bond donors (Lipinski definition) is 1. The molecular weight excluding hydrogens is 287 g/mol. The molecule has 0 bridgehead atoms. The van der Waals surface area contributed by atoms with Crippen molar-refractivity contribution in [3.63, 3.8) is 0 Å². The number of hydrogen-bond acceptors (Lipinski definition) is 3. The average molecular weight is 305 g/mol. The Bertz CT molecular complexity index is 431. The van der Waals surface area contributed by atoms with Gasteiger partial charge in [-0.3, -0.25) is 0 Å². The fourth-order valence-corrected chi connectivity index (χ4v) is 2.79. The van der Waals surface area contributed by atoms with Crippen LogP contribution in [-0.4, -0.2) is 37.1 Å². The highest BCUT2D eigenvalue weighted by atomic mass is 35.5. The van der Waals surface area contributed by atoms with Gasteiger partial charge in [-0.1, -0.05) is 29.3 Å². The molecule has 1 saturated heterocycles. The summed E-state index contributed by atoms with van der Waals surface area (Å²) in [7, 11) is 1.64. The maximum Gasteiger partial charge on any atom is 0.0983 e. The number of benzene rings is 1. The van der Waals surface area contributed by atoms with Crippen molar-refractivity contribution in [1.82, 2.24) is 0 Å². The Morgan fingerprint density at radius 3 is 2.58 bits per heavy atom. The molecule has 0 radical (unpaired) electrons. The molecule has 1 aliphatic heterocycles. The summed E-state index contributed by atoms with van der Waals surface area (Å²) < 4.78 is 10.9. The summed E-state index contributed by atoms with van der Waals surface area (Å²) in [5.41, 5.74) is 0.425. The third kappa shape index (κ3) is 3.41. The van der Waals surface area contributed by atoms with E-state index in [1.165, 1.54) is 0 Å². The minimum absolute atomic E-state index is 0.491. The number of aliphatic hydroxyl groups excluding tert-OH is 1. The molecule has 0 spiro atoms. The van der Waals surface area contributed by atoms with Gasteiger partial charge in [-0.2, -0.15) is 0 Å². The van der Waals surface area contributed by atoms with E-state index >= 15 is 0 Å². The summed E-state index contributed by atoms with van der Waals surface area (Å²) in [4.78, 5) is 0. The van der Waals surface area contributed by atoms with Crippen LogP contribution in [0.25, 0.3) is 0 Å². The van der Waals surface area contributed by atoms with E-state index in [0.29, 0.717) is 42.5 Å². The van der Waals surface area contributed by atoms with Crippen molar-refractivity contribution in [2.45, 2.75) is 31.0 Å². The molecule has 1 aromatic rings. The quantitative estimate of drug-likeness (QED) is 0.929. The lowest BCUT2D eigenvalue weighted by Gasteiger charge is -2.39. The lowest BCUT2D eigenvalue weighted by Crippen LogP contribution is -2.49. The Balaban J connectivity index is 2.10. The number of aliphatic hydroxyl groups is 1. The second-order valence-electron chi connectivity index (χ2n) is 4.85. The molecule has 1 fully saturated rings. The highest BCUT2D eigenvalue weighted by molar-refractivity contribution is 6.42. The summed E-state index contributed by atoms with van der Waals surface area (Å²) in [5.74, 6) is 0. The summed E-state index contributed by atoms with van der Waals surface area (Å²) >= 11 is 11.9. The molecule has 19 heavy (non-hydrogen) atoms. The second kappa shape index (κ2) is 6.42. The molecule has 1 aliphatic rings. The van der Waals surface area contributed by atoms with Crippen molar-refractivity contribution < 1.29 is 14.6 Å². The molecule has 1 N–H and O–H groups in total. The number of halogens is 2. The van der Waals surface area contributed by atoms with Gasteiger partial charge < -0.3 is 14.6 Å². The minimum Gasteiger partial charge on any atom is -0.390 e. The first-order valence-electron chi connectivity index (χ1n) is 6.32. The maximum atomic E-state index is 10.5. The topological polar surface area (TPSA) is 38.7 Å². The smallest absolute Gasteiger partial charge is 0.0983 e. The standard InChI is InChI=1S/C14H18Cl2O3/c1-18-14(4-6-19-7-5-14)13(17)9-10-2-3-11(15)12(16)8-10/h2-3,8,13,17H,4-7,9H2,1H3. The first-order chi connectivity index (χ1) is 9.07. The van der Waals surface area contributed by atoms with E-state index in [1.807, 2.05) is 6.07 Å². The van der Waals surface area contributed by atoms with E-state index in [2.05, 4.69) is 0 Å². The van der Waals surface area contributed by atoms with E-state index < -0.39 is 11.7 Å². The molecule has 1 heterocycles. The zero-order valence-electron chi connectivity index (χ0n) is 10.9. The summed E-state index contributed by atoms with van der Waals surface area (Å²) in [5, 5.41) is 11.5. The van der Waals surface area contributed by atoms with Crippen molar-refractivity contribution in [3.8, 4) is 0 Å². The SMILES string of the molecule is COC1(C(O)Cc2ccc(Cl)c(Cl)c2)CCOCC1. The number of ether oxygens (including phenoxy) is 2. The lowest BCUT2D eigenvalue weighted by atomic mass is 9.85. The van der Waals surface area contributed by atoms with Crippen LogP contribution in [0.4, 0.5) is 0 Å². The molecule has 0 saturated carbocycles. The largest absolute Gasteiger partial charge is 0.390 e. The molecule has 2 rings (SSSR count). The van der Waals surface area contributed by atoms with Gasteiger partial charge in [0.15, 0.2) is 0 Å². The average Bonchev–Trinajstić information content (AvgIpc) is 2.43. The van der Waals surface area contributed by atoms with E-state index in [0.717, 1.165) is 5.56 Å². The van der Waals surface area contributed by atoms with Crippen LogP contribution in [0.15, 0.2) is 18.2 Å². The normalized spacial score (nSPS) is 20.2. The molecule has 0 aromatic heterocycles. The van der Waals surface area contributed by atoms with Crippen molar-refractivity contribution >= 4 is 23.2 Å². The third-order valence-corrected chi connectivity index (χ3v) is 4.51. The van der Waals surface area contributed by atoms with Crippen LogP contribution in [0.1, 0.15) is 18.4 Å². The second-order valence-corrected chi connectivity index (χ2v) is 5.66. The van der Waals surface area contributed by atoms with E-state index in [4.69, 9.17) is 32.7 Å². The van der Waals surface area contributed by atoms with Gasteiger partial charge in [0, 0.05) is 39.6 Å². The van der Waals surface area contributed by atoms with E-state index in [1.54, 1.807) is 19.2 Å². The Morgan fingerprint density at radius 2 is 2.00 bits per heavy atom. The molecule has 0 amide bonds. The first kappa shape index (κ1) is 15.1. The maximum absolute atomic E-state index is 10.5. The van der Waals surface area contributed by atoms with Gasteiger partial charge >= 0.3 is 0 Å². The fraction of sp³-hybridized carbons (Fsp3) is 0.571. The summed E-state index contributed by atoms with van der Waals surface area (Å²) in [6, 6.07) is 5.41. The van der Waals surface area contributed by atoms with Crippen LogP contribution in [0.5, 0.6) is 0 Å². The molecule has 106 valence electrons. The predicted octanol–water partition coefficient (Wildman–Crippen LogP) is 3.09. The zero-order valence-corrected chi connectivity index (χ0v) is 12.4. The van der Waals surface area contributed by atoms with Crippen LogP contribution in [-0.2, 0) is 15.9 Å². The molecule has 0 aliphatic carbocycles. The highest BCUT2D eigenvalue weighted by Crippen LogP contribution is 2.31. The number of methoxy groups -OCH3 is 1. The molecular formula is C14H18Cl2O3. The highest BCUT2D eigenvalue weighted by Gasteiger charge is 2.39.